The summed E-state index contributed by atoms with van der Waals surface area (Å²) in [6.07, 6.45) is 8.44. The molecule has 1 saturated carbocycles. The van der Waals surface area contributed by atoms with Crippen LogP contribution in [0.5, 0.6) is 0 Å². The molecule has 0 saturated heterocycles. The highest BCUT2D eigenvalue weighted by atomic mass is 32.2. The van der Waals surface area contributed by atoms with Crippen LogP contribution >= 0.6 is 11.8 Å². The molecule has 1 aromatic carbocycles. The van der Waals surface area contributed by atoms with Gasteiger partial charge in [0.1, 0.15) is 0 Å². The van der Waals surface area contributed by atoms with E-state index in [9.17, 15) is 0 Å². The second-order valence-electron chi connectivity index (χ2n) is 6.24. The van der Waals surface area contributed by atoms with Crippen LogP contribution in [0.25, 0.3) is 0 Å². The highest BCUT2D eigenvalue weighted by Gasteiger charge is 2.37. The molecular weight excluding hydrogens is 250 g/mol. The molecule has 0 amide bonds. The fourth-order valence-electron chi connectivity index (χ4n) is 3.82. The topological polar surface area (TPSA) is 12.0 Å². The Labute approximate surface area is 121 Å². The number of nitrogens with one attached hydrogen (secondary N) is 1. The van der Waals surface area contributed by atoms with Crippen molar-refractivity contribution in [1.29, 1.82) is 0 Å². The maximum Gasteiger partial charge on any atom is 0.0141 e. The second-order valence-corrected chi connectivity index (χ2v) is 7.59. The number of fused-ring (bicyclic) bond motifs is 1. The lowest BCUT2D eigenvalue weighted by Gasteiger charge is -2.31. The first-order valence-electron chi connectivity index (χ1n) is 7.77. The molecule has 0 spiro atoms. The van der Waals surface area contributed by atoms with E-state index in [4.69, 9.17) is 0 Å². The Morgan fingerprint density at radius 2 is 2.05 bits per heavy atom. The minimum Gasteiger partial charge on any atom is -0.316 e. The third-order valence-electron chi connectivity index (χ3n) is 4.79. The van der Waals surface area contributed by atoms with Gasteiger partial charge in [-0.15, -0.1) is 11.8 Å². The summed E-state index contributed by atoms with van der Waals surface area (Å²) in [6, 6.07) is 8.98. The van der Waals surface area contributed by atoms with E-state index >= 15 is 0 Å². The molecule has 1 fully saturated rings. The van der Waals surface area contributed by atoms with Crippen LogP contribution in [0.3, 0.4) is 0 Å². The van der Waals surface area contributed by atoms with Gasteiger partial charge in [-0.25, -0.2) is 0 Å². The van der Waals surface area contributed by atoms with Crippen LogP contribution in [0.15, 0.2) is 29.2 Å². The molecule has 0 aromatic heterocycles. The number of hydrogen-bond acceptors (Lipinski definition) is 2. The van der Waals surface area contributed by atoms with Crippen molar-refractivity contribution in [1.82, 2.24) is 5.32 Å². The molecule has 3 rings (SSSR count). The summed E-state index contributed by atoms with van der Waals surface area (Å²) in [4.78, 5) is 1.53. The van der Waals surface area contributed by atoms with E-state index in [-0.39, 0.29) is 0 Å². The molecule has 2 heteroatoms. The van der Waals surface area contributed by atoms with E-state index in [1.54, 1.807) is 5.56 Å². The van der Waals surface area contributed by atoms with E-state index in [2.05, 4.69) is 48.3 Å². The summed E-state index contributed by atoms with van der Waals surface area (Å²) < 4.78 is 0. The van der Waals surface area contributed by atoms with Gasteiger partial charge in [-0.05, 0) is 49.3 Å². The first kappa shape index (κ1) is 13.5. The second kappa shape index (κ2) is 5.88. The fourth-order valence-corrected chi connectivity index (χ4v) is 5.34. The minimum absolute atomic E-state index is 0.593. The Bertz CT molecular complexity index is 398. The lowest BCUT2D eigenvalue weighted by atomic mass is 9.80. The van der Waals surface area contributed by atoms with Gasteiger partial charge in [0, 0.05) is 16.7 Å². The summed E-state index contributed by atoms with van der Waals surface area (Å²) in [7, 11) is 0. The van der Waals surface area contributed by atoms with Crippen LogP contribution in [0.1, 0.15) is 44.6 Å². The molecule has 1 N–H and O–H groups in total. The van der Waals surface area contributed by atoms with E-state index in [0.717, 1.165) is 11.8 Å². The van der Waals surface area contributed by atoms with E-state index in [0.29, 0.717) is 5.41 Å². The zero-order chi connectivity index (χ0) is 13.1. The largest absolute Gasteiger partial charge is 0.316 e. The first-order chi connectivity index (χ1) is 9.31. The van der Waals surface area contributed by atoms with Gasteiger partial charge in [-0.3, -0.25) is 0 Å². The molecule has 1 unspecified atom stereocenters. The minimum atomic E-state index is 0.593. The van der Waals surface area contributed by atoms with Gasteiger partial charge in [0.2, 0.25) is 0 Å². The third kappa shape index (κ3) is 3.00. The van der Waals surface area contributed by atoms with Gasteiger partial charge >= 0.3 is 0 Å². The number of benzene rings is 1. The van der Waals surface area contributed by atoms with Gasteiger partial charge < -0.3 is 5.32 Å². The average Bonchev–Trinajstić information content (AvgIpc) is 3.03. The summed E-state index contributed by atoms with van der Waals surface area (Å²) >= 11 is 2.13. The van der Waals surface area contributed by atoms with E-state index in [1.807, 2.05) is 0 Å². The molecule has 0 radical (unpaired) electrons. The molecule has 1 aromatic rings. The standard InChI is InChI=1S/C17H25NS/c1-2-18-13-17(9-5-6-10-17)12-15-11-14-7-3-4-8-16(14)19-15/h3-4,7-8,15,18H,2,5-6,9-13H2,1H3. The number of hydrogen-bond donors (Lipinski definition) is 1. The van der Waals surface area contributed by atoms with E-state index in [1.165, 1.54) is 50.0 Å². The lowest BCUT2D eigenvalue weighted by molar-refractivity contribution is 0.257. The summed E-state index contributed by atoms with van der Waals surface area (Å²) in [5, 5.41) is 4.43. The van der Waals surface area contributed by atoms with Crippen LogP contribution in [0, 0.1) is 5.41 Å². The van der Waals surface area contributed by atoms with Crippen LogP contribution in [0.2, 0.25) is 0 Å². The quantitative estimate of drug-likeness (QED) is 0.861. The van der Waals surface area contributed by atoms with E-state index < -0.39 is 0 Å². The van der Waals surface area contributed by atoms with Gasteiger partial charge in [-0.2, -0.15) is 0 Å². The Hall–Kier alpha value is -0.470. The van der Waals surface area contributed by atoms with Gasteiger partial charge in [0.25, 0.3) is 0 Å². The fraction of sp³-hybridized carbons (Fsp3) is 0.647. The van der Waals surface area contributed by atoms with Crippen molar-refractivity contribution in [2.24, 2.45) is 5.41 Å². The maximum atomic E-state index is 3.62. The molecule has 1 nitrogen and oxygen atoms in total. The van der Waals surface area contributed by atoms with Crippen molar-refractivity contribution in [3.05, 3.63) is 29.8 Å². The molecule has 1 aliphatic heterocycles. The summed E-state index contributed by atoms with van der Waals surface area (Å²) in [6.45, 7) is 4.57. The molecule has 1 aliphatic carbocycles. The SMILES string of the molecule is CCNCC1(CC2Cc3ccccc3S2)CCCC1. The third-order valence-corrected chi connectivity index (χ3v) is 6.11. The summed E-state index contributed by atoms with van der Waals surface area (Å²) in [5.74, 6) is 0. The molecule has 104 valence electrons. The van der Waals surface area contributed by atoms with Crippen LogP contribution in [0.4, 0.5) is 0 Å². The molecule has 1 heterocycles. The van der Waals surface area contributed by atoms with Crippen molar-refractivity contribution >= 4 is 11.8 Å². The van der Waals surface area contributed by atoms with Crippen molar-refractivity contribution in [3.8, 4) is 0 Å². The Balaban J connectivity index is 1.64. The normalized spacial score (nSPS) is 24.6. The smallest absolute Gasteiger partial charge is 0.0141 e. The Morgan fingerprint density at radius 1 is 1.26 bits per heavy atom. The predicted octanol–water partition coefficient (Wildman–Crippen LogP) is 4.26. The highest BCUT2D eigenvalue weighted by Crippen LogP contribution is 2.48. The number of thioether (sulfide) groups is 1. The van der Waals surface area contributed by atoms with Crippen molar-refractivity contribution < 1.29 is 0 Å². The lowest BCUT2D eigenvalue weighted by Crippen LogP contribution is -2.34. The molecule has 2 aliphatic rings. The van der Waals surface area contributed by atoms with Gasteiger partial charge in [-0.1, -0.05) is 38.0 Å². The maximum absolute atomic E-state index is 3.62. The zero-order valence-electron chi connectivity index (χ0n) is 12.0. The molecule has 1 atom stereocenters. The Morgan fingerprint density at radius 3 is 2.79 bits per heavy atom. The monoisotopic (exact) mass is 275 g/mol. The molecule has 0 bridgehead atoms. The zero-order valence-corrected chi connectivity index (χ0v) is 12.8. The summed E-state index contributed by atoms with van der Waals surface area (Å²) in [5.41, 5.74) is 2.17. The predicted molar refractivity (Wildman–Crippen MR) is 83.9 cm³/mol. The van der Waals surface area contributed by atoms with Crippen molar-refractivity contribution in [2.45, 2.75) is 55.6 Å². The van der Waals surface area contributed by atoms with Crippen LogP contribution in [-0.4, -0.2) is 18.3 Å². The van der Waals surface area contributed by atoms with Crippen LogP contribution < -0.4 is 5.32 Å². The first-order valence-corrected chi connectivity index (χ1v) is 8.65. The Kier molecular flexibility index (Phi) is 4.18. The van der Waals surface area contributed by atoms with Crippen molar-refractivity contribution in [2.75, 3.05) is 13.1 Å². The van der Waals surface area contributed by atoms with Crippen LogP contribution in [-0.2, 0) is 6.42 Å². The van der Waals surface area contributed by atoms with Gasteiger partial charge in [0.05, 0.1) is 0 Å². The average molecular weight is 275 g/mol. The van der Waals surface area contributed by atoms with Gasteiger partial charge in [0.15, 0.2) is 0 Å². The molecule has 19 heavy (non-hydrogen) atoms. The molecular formula is C17H25NS. The highest BCUT2D eigenvalue weighted by molar-refractivity contribution is 8.00. The van der Waals surface area contributed by atoms with Crippen molar-refractivity contribution in [3.63, 3.8) is 0 Å². The number of rotatable bonds is 5.